The van der Waals surface area contributed by atoms with E-state index in [0.717, 1.165) is 24.2 Å². The van der Waals surface area contributed by atoms with Crippen molar-refractivity contribution in [3.05, 3.63) is 54.7 Å². The van der Waals surface area contributed by atoms with Gasteiger partial charge in [-0.1, -0.05) is 30.3 Å². The summed E-state index contributed by atoms with van der Waals surface area (Å²) in [6, 6.07) is 11.9. The average Bonchev–Trinajstić information content (AvgIpc) is 3.32. The highest BCUT2D eigenvalue weighted by atomic mass is 16.2. The first-order valence-corrected chi connectivity index (χ1v) is 8.49. The van der Waals surface area contributed by atoms with E-state index >= 15 is 0 Å². The van der Waals surface area contributed by atoms with Crippen molar-refractivity contribution in [2.24, 2.45) is 7.05 Å². The van der Waals surface area contributed by atoms with Crippen molar-refractivity contribution in [1.29, 1.82) is 0 Å². The molecule has 1 N–H and O–H groups in total. The molecule has 1 fully saturated rings. The second kappa shape index (κ2) is 6.91. The van der Waals surface area contributed by atoms with Crippen molar-refractivity contribution in [1.82, 2.24) is 30.0 Å². The second-order valence-corrected chi connectivity index (χ2v) is 6.25. The highest BCUT2D eigenvalue weighted by Crippen LogP contribution is 2.21. The van der Waals surface area contributed by atoms with Crippen LogP contribution in [0.2, 0.25) is 0 Å². The minimum absolute atomic E-state index is 0.0234. The number of aryl methyl sites for hydroxylation is 1. The van der Waals surface area contributed by atoms with Gasteiger partial charge >= 0.3 is 0 Å². The number of hydrogen-bond acceptors (Lipinski definition) is 6. The first-order valence-electron chi connectivity index (χ1n) is 8.49. The Balaban J connectivity index is 1.43. The minimum atomic E-state index is -0.253. The average molecular weight is 349 g/mol. The van der Waals surface area contributed by atoms with Crippen molar-refractivity contribution < 1.29 is 4.79 Å². The van der Waals surface area contributed by atoms with Gasteiger partial charge in [-0.3, -0.25) is 9.48 Å². The Kier molecular flexibility index (Phi) is 4.30. The molecule has 0 aliphatic carbocycles. The Labute approximate surface area is 150 Å². The topological polar surface area (TPSA) is 88.8 Å². The van der Waals surface area contributed by atoms with E-state index in [2.05, 4.69) is 30.3 Å². The summed E-state index contributed by atoms with van der Waals surface area (Å²) in [4.78, 5) is 27.3. The first kappa shape index (κ1) is 16.2. The van der Waals surface area contributed by atoms with Crippen LogP contribution in [0, 0.1) is 0 Å². The van der Waals surface area contributed by atoms with Crippen molar-refractivity contribution in [2.45, 2.75) is 12.5 Å². The minimum Gasteiger partial charge on any atom is -0.345 e. The number of hydrogen-bond donors (Lipinski definition) is 1. The number of anilines is 1. The molecule has 0 radical (unpaired) electrons. The third-order valence-electron chi connectivity index (χ3n) is 4.32. The number of aromatic nitrogens is 5. The molecule has 1 aliphatic heterocycles. The zero-order valence-corrected chi connectivity index (χ0v) is 14.4. The lowest BCUT2D eigenvalue weighted by Gasteiger charge is -2.17. The molecule has 0 saturated carbocycles. The van der Waals surface area contributed by atoms with Gasteiger partial charge in [0, 0.05) is 37.9 Å². The van der Waals surface area contributed by atoms with Crippen LogP contribution >= 0.6 is 0 Å². The van der Waals surface area contributed by atoms with E-state index in [1.54, 1.807) is 13.2 Å². The molecule has 1 aliphatic rings. The molecule has 1 unspecified atom stereocenters. The SMILES string of the molecule is Cn1cnc(C(=O)NC2CCN(c3nccc(-c4ccccc4)n3)C2)n1. The molecule has 2 aromatic heterocycles. The molecule has 1 atom stereocenters. The molecule has 3 aromatic rings. The third kappa shape index (κ3) is 3.39. The molecule has 4 rings (SSSR count). The van der Waals surface area contributed by atoms with Gasteiger partial charge < -0.3 is 10.2 Å². The lowest BCUT2D eigenvalue weighted by atomic mass is 10.1. The number of amides is 1. The van der Waals surface area contributed by atoms with Gasteiger partial charge in [0.05, 0.1) is 5.69 Å². The quantitative estimate of drug-likeness (QED) is 0.763. The van der Waals surface area contributed by atoms with Crippen LogP contribution in [-0.4, -0.2) is 49.8 Å². The molecular formula is C18H19N7O. The maximum absolute atomic E-state index is 12.2. The van der Waals surface area contributed by atoms with E-state index in [4.69, 9.17) is 0 Å². The highest BCUT2D eigenvalue weighted by molar-refractivity contribution is 5.90. The summed E-state index contributed by atoms with van der Waals surface area (Å²) in [7, 11) is 1.73. The van der Waals surface area contributed by atoms with Gasteiger partial charge in [0.25, 0.3) is 5.91 Å². The summed E-state index contributed by atoms with van der Waals surface area (Å²) in [5, 5.41) is 7.01. The number of carbonyl (C=O) groups excluding carboxylic acids is 1. The van der Waals surface area contributed by atoms with Crippen molar-refractivity contribution in [3.63, 3.8) is 0 Å². The zero-order chi connectivity index (χ0) is 17.9. The number of nitrogens with one attached hydrogen (secondary N) is 1. The van der Waals surface area contributed by atoms with Crippen molar-refractivity contribution >= 4 is 11.9 Å². The van der Waals surface area contributed by atoms with Crippen molar-refractivity contribution in [2.75, 3.05) is 18.0 Å². The van der Waals surface area contributed by atoms with Gasteiger partial charge in [-0.25, -0.2) is 15.0 Å². The van der Waals surface area contributed by atoms with Gasteiger partial charge in [-0.15, -0.1) is 5.10 Å². The fourth-order valence-electron chi connectivity index (χ4n) is 3.02. The predicted molar refractivity (Wildman–Crippen MR) is 96.6 cm³/mol. The van der Waals surface area contributed by atoms with Crippen LogP contribution in [0.15, 0.2) is 48.9 Å². The molecule has 1 saturated heterocycles. The van der Waals surface area contributed by atoms with Gasteiger partial charge in [-0.2, -0.15) is 0 Å². The van der Waals surface area contributed by atoms with Gasteiger partial charge in [0.2, 0.25) is 11.8 Å². The van der Waals surface area contributed by atoms with Crippen LogP contribution in [0.4, 0.5) is 5.95 Å². The molecular weight excluding hydrogens is 330 g/mol. The van der Waals surface area contributed by atoms with Crippen LogP contribution in [0.3, 0.4) is 0 Å². The summed E-state index contributed by atoms with van der Waals surface area (Å²) >= 11 is 0. The van der Waals surface area contributed by atoms with Gasteiger partial charge in [0.1, 0.15) is 6.33 Å². The molecule has 8 nitrogen and oxygen atoms in total. The summed E-state index contributed by atoms with van der Waals surface area (Å²) in [5.41, 5.74) is 1.95. The largest absolute Gasteiger partial charge is 0.345 e. The monoisotopic (exact) mass is 349 g/mol. The molecule has 1 amide bonds. The highest BCUT2D eigenvalue weighted by Gasteiger charge is 2.27. The Morgan fingerprint density at radius 1 is 1.19 bits per heavy atom. The van der Waals surface area contributed by atoms with E-state index in [1.165, 1.54) is 11.0 Å². The van der Waals surface area contributed by atoms with E-state index in [9.17, 15) is 4.79 Å². The normalized spacial score (nSPS) is 16.7. The number of carbonyl (C=O) groups is 1. The maximum Gasteiger partial charge on any atom is 0.291 e. The van der Waals surface area contributed by atoms with Crippen molar-refractivity contribution in [3.8, 4) is 11.3 Å². The smallest absolute Gasteiger partial charge is 0.291 e. The van der Waals surface area contributed by atoms with E-state index in [-0.39, 0.29) is 17.8 Å². The Hall–Kier alpha value is -3.29. The van der Waals surface area contributed by atoms with Crippen LogP contribution < -0.4 is 10.2 Å². The summed E-state index contributed by atoms with van der Waals surface area (Å²) in [5.74, 6) is 0.615. The lowest BCUT2D eigenvalue weighted by molar-refractivity contribution is 0.0929. The second-order valence-electron chi connectivity index (χ2n) is 6.25. The summed E-state index contributed by atoms with van der Waals surface area (Å²) < 4.78 is 1.51. The van der Waals surface area contributed by atoms with Crippen LogP contribution in [-0.2, 0) is 7.05 Å². The summed E-state index contributed by atoms with van der Waals surface area (Å²) in [6.45, 7) is 1.45. The van der Waals surface area contributed by atoms with Crippen LogP contribution in [0.25, 0.3) is 11.3 Å². The van der Waals surface area contributed by atoms with E-state index < -0.39 is 0 Å². The Morgan fingerprint density at radius 3 is 2.81 bits per heavy atom. The Morgan fingerprint density at radius 2 is 2.04 bits per heavy atom. The molecule has 0 spiro atoms. The summed E-state index contributed by atoms with van der Waals surface area (Å²) in [6.07, 6.45) is 4.12. The fraction of sp³-hybridized carbons (Fsp3) is 0.278. The third-order valence-corrected chi connectivity index (χ3v) is 4.32. The van der Waals surface area contributed by atoms with Gasteiger partial charge in [-0.05, 0) is 12.5 Å². The first-order chi connectivity index (χ1) is 12.7. The molecule has 3 heterocycles. The number of benzene rings is 1. The predicted octanol–water partition coefficient (Wildman–Crippen LogP) is 1.28. The number of nitrogens with zero attached hydrogens (tertiary/aromatic N) is 6. The molecule has 1 aromatic carbocycles. The standard InChI is InChI=1S/C18H19N7O/c1-24-12-20-16(23-24)17(26)21-14-8-10-25(11-14)18-19-9-7-15(22-18)13-5-3-2-4-6-13/h2-7,9,12,14H,8,10-11H2,1H3,(H,21,26). The van der Waals surface area contributed by atoms with E-state index in [1.807, 2.05) is 36.4 Å². The lowest BCUT2D eigenvalue weighted by Crippen LogP contribution is -2.38. The fourth-order valence-corrected chi connectivity index (χ4v) is 3.02. The Bertz CT molecular complexity index is 909. The zero-order valence-electron chi connectivity index (χ0n) is 14.4. The van der Waals surface area contributed by atoms with Gasteiger partial charge in [0.15, 0.2) is 0 Å². The maximum atomic E-state index is 12.2. The van der Waals surface area contributed by atoms with E-state index in [0.29, 0.717) is 12.5 Å². The van der Waals surface area contributed by atoms with Crippen LogP contribution in [0.5, 0.6) is 0 Å². The van der Waals surface area contributed by atoms with Crippen LogP contribution in [0.1, 0.15) is 17.0 Å². The molecule has 8 heteroatoms. The molecule has 0 bridgehead atoms. The molecule has 26 heavy (non-hydrogen) atoms. The molecule has 132 valence electrons. The number of rotatable bonds is 4.